The smallest absolute Gasteiger partial charge is 0.417 e. The summed E-state index contributed by atoms with van der Waals surface area (Å²) in [4.78, 5) is 26.7. The van der Waals surface area contributed by atoms with Crippen LogP contribution in [0.25, 0.3) is 22.8 Å². The van der Waals surface area contributed by atoms with Crippen LogP contribution in [0, 0.1) is 17.7 Å². The zero-order chi connectivity index (χ0) is 28.1. The summed E-state index contributed by atoms with van der Waals surface area (Å²) in [6.07, 6.45) is -3.27. The second kappa shape index (κ2) is 12.4. The molecule has 206 valence electrons. The minimum absolute atomic E-state index is 0. The van der Waals surface area contributed by atoms with Crippen molar-refractivity contribution in [3.8, 4) is 40.4 Å². The normalized spacial score (nSPS) is 10.7. The maximum atomic E-state index is 14.9. The van der Waals surface area contributed by atoms with Gasteiger partial charge in [-0.05, 0) is 54.6 Å². The van der Waals surface area contributed by atoms with E-state index in [1.165, 1.54) is 30.5 Å². The zero-order valence-corrected chi connectivity index (χ0v) is 21.8. The van der Waals surface area contributed by atoms with Crippen LogP contribution in [-0.2, 0) is 12.8 Å². The molecule has 0 amide bonds. The summed E-state index contributed by atoms with van der Waals surface area (Å²) in [5, 5.41) is 0. The van der Waals surface area contributed by atoms with Crippen LogP contribution in [0.2, 0.25) is 0 Å². The molecule has 1 N–H and O–H groups in total. The highest BCUT2D eigenvalue weighted by atomic mass is 35.5. The first kappa shape index (κ1) is 29.0. The molecule has 0 bridgehead atoms. The van der Waals surface area contributed by atoms with E-state index in [9.17, 15) is 22.4 Å². The Balaban J connectivity index is 0.00000387. The van der Waals surface area contributed by atoms with Crippen LogP contribution >= 0.6 is 12.4 Å². The largest absolute Gasteiger partial charge is 0.487 e. The molecular formula is C30H19ClF4N4O2. The summed E-state index contributed by atoms with van der Waals surface area (Å²) in [6.45, 7) is -0.131. The number of rotatable bonds is 5. The number of pyridine rings is 1. The number of nitrogens with one attached hydrogen (secondary N) is 1. The lowest BCUT2D eigenvalue weighted by molar-refractivity contribution is -0.137. The fraction of sp³-hybridized carbons (Fsp3) is 0.0667. The second-order valence-electron chi connectivity index (χ2n) is 8.42. The molecule has 2 aromatic heterocycles. The van der Waals surface area contributed by atoms with E-state index in [0.717, 1.165) is 12.1 Å². The highest BCUT2D eigenvalue weighted by molar-refractivity contribution is 5.85. The van der Waals surface area contributed by atoms with Gasteiger partial charge in [0.1, 0.15) is 24.0 Å². The van der Waals surface area contributed by atoms with E-state index in [4.69, 9.17) is 4.74 Å². The number of ether oxygens (including phenoxy) is 1. The van der Waals surface area contributed by atoms with Crippen LogP contribution in [0.1, 0.15) is 22.4 Å². The maximum absolute atomic E-state index is 14.9. The third-order valence-corrected chi connectivity index (χ3v) is 5.66. The lowest BCUT2D eigenvalue weighted by Crippen LogP contribution is -2.17. The Kier molecular flexibility index (Phi) is 8.80. The number of hydrogen-bond donors (Lipinski definition) is 1. The summed E-state index contributed by atoms with van der Waals surface area (Å²) in [5.41, 5.74) is -1.20. The summed E-state index contributed by atoms with van der Waals surface area (Å²) < 4.78 is 62.7. The van der Waals surface area contributed by atoms with Gasteiger partial charge >= 0.3 is 11.9 Å². The lowest BCUT2D eigenvalue weighted by atomic mass is 10.0. The molecule has 11 heteroatoms. The SMILES string of the molecule is Cl.O=c1nc(-c2ccc(C#Cc3ccccc3)c(F)c2)nc(-c2c(OCc3ccccn3)cccc2C(F)(F)F)[nH]1. The third-order valence-electron chi connectivity index (χ3n) is 5.66. The minimum Gasteiger partial charge on any atom is -0.487 e. The fourth-order valence-electron chi connectivity index (χ4n) is 3.82. The molecule has 41 heavy (non-hydrogen) atoms. The van der Waals surface area contributed by atoms with Gasteiger partial charge in [0.05, 0.1) is 22.4 Å². The van der Waals surface area contributed by atoms with Gasteiger partial charge in [-0.15, -0.1) is 12.4 Å². The van der Waals surface area contributed by atoms with Crippen molar-refractivity contribution < 1.29 is 22.3 Å². The molecule has 0 aliphatic rings. The third kappa shape index (κ3) is 6.96. The molecule has 5 aromatic rings. The Hall–Kier alpha value is -5.01. The second-order valence-corrected chi connectivity index (χ2v) is 8.42. The molecule has 3 aromatic carbocycles. The molecule has 0 atom stereocenters. The van der Waals surface area contributed by atoms with Crippen molar-refractivity contribution in [3.05, 3.63) is 130 Å². The number of nitrogens with zero attached hydrogens (tertiary/aromatic N) is 3. The van der Waals surface area contributed by atoms with Gasteiger partial charge in [-0.25, -0.2) is 14.2 Å². The van der Waals surface area contributed by atoms with E-state index >= 15 is 0 Å². The van der Waals surface area contributed by atoms with Crippen LogP contribution in [0.4, 0.5) is 17.6 Å². The summed E-state index contributed by atoms with van der Waals surface area (Å²) in [7, 11) is 0. The zero-order valence-electron chi connectivity index (χ0n) is 20.9. The molecule has 0 unspecified atom stereocenters. The van der Waals surface area contributed by atoms with Gasteiger partial charge in [0, 0.05) is 17.3 Å². The van der Waals surface area contributed by atoms with Crippen molar-refractivity contribution in [2.45, 2.75) is 12.8 Å². The van der Waals surface area contributed by atoms with Crippen molar-refractivity contribution in [2.75, 3.05) is 0 Å². The van der Waals surface area contributed by atoms with Gasteiger partial charge < -0.3 is 4.74 Å². The van der Waals surface area contributed by atoms with Crippen molar-refractivity contribution in [1.29, 1.82) is 0 Å². The van der Waals surface area contributed by atoms with Gasteiger partial charge in [0.15, 0.2) is 5.82 Å². The average molecular weight is 579 g/mol. The summed E-state index contributed by atoms with van der Waals surface area (Å²) >= 11 is 0. The van der Waals surface area contributed by atoms with Gasteiger partial charge in [-0.3, -0.25) is 9.97 Å². The average Bonchev–Trinajstić information content (AvgIpc) is 2.95. The number of aromatic amines is 1. The molecule has 0 radical (unpaired) electrons. The monoisotopic (exact) mass is 578 g/mol. The van der Waals surface area contributed by atoms with Gasteiger partial charge in [0.25, 0.3) is 0 Å². The Morgan fingerprint density at radius 1 is 0.878 bits per heavy atom. The Morgan fingerprint density at radius 3 is 2.37 bits per heavy atom. The van der Waals surface area contributed by atoms with E-state index in [-0.39, 0.29) is 41.7 Å². The number of hydrogen-bond acceptors (Lipinski definition) is 5. The van der Waals surface area contributed by atoms with E-state index in [1.54, 1.807) is 42.5 Å². The van der Waals surface area contributed by atoms with E-state index in [2.05, 4.69) is 31.8 Å². The van der Waals surface area contributed by atoms with Crippen LogP contribution in [0.15, 0.2) is 95.9 Å². The summed E-state index contributed by atoms with van der Waals surface area (Å²) in [5.74, 6) is 3.99. The van der Waals surface area contributed by atoms with E-state index in [1.807, 2.05) is 6.07 Å². The lowest BCUT2D eigenvalue weighted by Gasteiger charge is -2.17. The number of halogens is 5. The Morgan fingerprint density at radius 2 is 1.66 bits per heavy atom. The Bertz CT molecular complexity index is 1780. The van der Waals surface area contributed by atoms with Gasteiger partial charge in [-0.2, -0.15) is 18.2 Å². The predicted molar refractivity (Wildman–Crippen MR) is 147 cm³/mol. The fourth-order valence-corrected chi connectivity index (χ4v) is 3.82. The molecule has 0 saturated heterocycles. The van der Waals surface area contributed by atoms with Crippen LogP contribution < -0.4 is 10.4 Å². The Labute approximate surface area is 237 Å². The van der Waals surface area contributed by atoms with Gasteiger partial charge in [-0.1, -0.05) is 42.2 Å². The van der Waals surface area contributed by atoms with Crippen molar-refractivity contribution in [1.82, 2.24) is 19.9 Å². The number of benzene rings is 3. The number of alkyl halides is 3. The highest BCUT2D eigenvalue weighted by Gasteiger charge is 2.36. The first-order valence-corrected chi connectivity index (χ1v) is 11.9. The topological polar surface area (TPSA) is 80.8 Å². The molecule has 6 nitrogen and oxygen atoms in total. The molecule has 0 spiro atoms. The quantitative estimate of drug-likeness (QED) is 0.191. The van der Waals surface area contributed by atoms with Crippen molar-refractivity contribution in [3.63, 3.8) is 0 Å². The van der Waals surface area contributed by atoms with E-state index in [0.29, 0.717) is 11.3 Å². The van der Waals surface area contributed by atoms with Gasteiger partial charge in [0.2, 0.25) is 0 Å². The van der Waals surface area contributed by atoms with Crippen LogP contribution in [-0.4, -0.2) is 19.9 Å². The molecular weight excluding hydrogens is 560 g/mol. The molecule has 0 aliphatic heterocycles. The van der Waals surface area contributed by atoms with Crippen molar-refractivity contribution in [2.24, 2.45) is 0 Å². The van der Waals surface area contributed by atoms with Crippen LogP contribution in [0.3, 0.4) is 0 Å². The first-order chi connectivity index (χ1) is 19.3. The predicted octanol–water partition coefficient (Wildman–Crippen LogP) is 6.45. The molecule has 0 saturated carbocycles. The minimum atomic E-state index is -4.80. The number of H-pyrrole nitrogens is 1. The van der Waals surface area contributed by atoms with E-state index < -0.39 is 34.6 Å². The first-order valence-electron chi connectivity index (χ1n) is 11.9. The highest BCUT2D eigenvalue weighted by Crippen LogP contribution is 2.41. The maximum Gasteiger partial charge on any atom is 0.417 e. The van der Waals surface area contributed by atoms with Crippen molar-refractivity contribution >= 4 is 12.4 Å². The summed E-state index contributed by atoms with van der Waals surface area (Å²) in [6, 6.07) is 21.3. The molecule has 2 heterocycles. The molecule has 0 aliphatic carbocycles. The number of aromatic nitrogens is 4. The molecule has 0 fully saturated rings. The molecule has 5 rings (SSSR count). The standard InChI is InChI=1S/C30H18F4N4O2.ClH/c31-24-17-21(15-14-20(24)13-12-19-7-2-1-3-8-19)27-36-28(38-29(39)37-27)26-23(30(32,33)34)10-6-11-25(26)40-18-22-9-4-5-16-35-22;/h1-11,14-17H,18H2,(H,36,37,38,39);1H. The van der Waals surface area contributed by atoms with Crippen LogP contribution in [0.5, 0.6) is 5.75 Å².